The molecule has 19 heavy (non-hydrogen) atoms. The molecule has 0 radical (unpaired) electrons. The van der Waals surface area contributed by atoms with Gasteiger partial charge in [-0.05, 0) is 35.0 Å². The Hall–Kier alpha value is -1.30. The molecule has 3 rings (SSSR count). The van der Waals surface area contributed by atoms with Crippen molar-refractivity contribution >= 4 is 33.5 Å². The van der Waals surface area contributed by atoms with E-state index in [4.69, 9.17) is 0 Å². The van der Waals surface area contributed by atoms with E-state index in [9.17, 15) is 4.21 Å². The fourth-order valence-electron chi connectivity index (χ4n) is 1.77. The third-order valence-electron chi connectivity index (χ3n) is 2.68. The Balaban J connectivity index is 2.18. The molecule has 3 aromatic heterocycles. The van der Waals surface area contributed by atoms with Crippen LogP contribution in [0.1, 0.15) is 0 Å². The minimum absolute atomic E-state index is 0.821. The van der Waals surface area contributed by atoms with E-state index in [-0.39, 0.29) is 0 Å². The van der Waals surface area contributed by atoms with Gasteiger partial charge in [-0.15, -0.1) is 22.7 Å². The first-order valence-electron chi connectivity index (χ1n) is 5.67. The van der Waals surface area contributed by atoms with E-state index < -0.39 is 10.8 Å². The molecule has 0 aliphatic heterocycles. The van der Waals surface area contributed by atoms with Crippen molar-refractivity contribution in [3.05, 3.63) is 47.2 Å². The molecular formula is C14H11NOS3. The summed E-state index contributed by atoms with van der Waals surface area (Å²) in [6.07, 6.45) is 1.70. The topological polar surface area (TPSA) is 30.0 Å². The van der Waals surface area contributed by atoms with Gasteiger partial charge in [0.25, 0.3) is 0 Å². The summed E-state index contributed by atoms with van der Waals surface area (Å²) in [5.74, 6) is 0. The molecule has 2 nitrogen and oxygen atoms in total. The Kier molecular flexibility index (Phi) is 3.59. The van der Waals surface area contributed by atoms with E-state index in [2.05, 4.69) is 4.98 Å². The van der Waals surface area contributed by atoms with Crippen LogP contribution >= 0.6 is 22.7 Å². The third-order valence-corrected chi connectivity index (χ3v) is 5.36. The second-order valence-electron chi connectivity index (χ2n) is 3.98. The van der Waals surface area contributed by atoms with Gasteiger partial charge in [-0.25, -0.2) is 4.98 Å². The van der Waals surface area contributed by atoms with Gasteiger partial charge in [-0.3, -0.25) is 4.21 Å². The van der Waals surface area contributed by atoms with Crippen molar-refractivity contribution in [3.8, 4) is 21.1 Å². The number of pyridine rings is 1. The summed E-state index contributed by atoms with van der Waals surface area (Å²) in [5.41, 5.74) is 1.79. The largest absolute Gasteiger partial charge is 0.255 e. The van der Waals surface area contributed by atoms with Gasteiger partial charge in [-0.2, -0.15) is 0 Å². The van der Waals surface area contributed by atoms with Crippen LogP contribution in [0.15, 0.2) is 52.1 Å². The van der Waals surface area contributed by atoms with Gasteiger partial charge in [0.1, 0.15) is 0 Å². The SMILES string of the molecule is CS(=O)c1cc(-c2cccs2)nc(-c2cccs2)c1. The molecule has 0 aromatic carbocycles. The molecule has 3 aromatic rings. The maximum Gasteiger partial charge on any atom is 0.0821 e. The van der Waals surface area contributed by atoms with Crippen molar-refractivity contribution < 1.29 is 4.21 Å². The Morgan fingerprint density at radius 1 is 1.00 bits per heavy atom. The average molecular weight is 305 g/mol. The van der Waals surface area contributed by atoms with Crippen LogP contribution in [-0.2, 0) is 10.8 Å². The van der Waals surface area contributed by atoms with Gasteiger partial charge < -0.3 is 0 Å². The Labute approximate surface area is 122 Å². The van der Waals surface area contributed by atoms with Crippen LogP contribution in [0.4, 0.5) is 0 Å². The van der Waals surface area contributed by atoms with Crippen LogP contribution < -0.4 is 0 Å². The summed E-state index contributed by atoms with van der Waals surface area (Å²) in [5, 5.41) is 4.05. The van der Waals surface area contributed by atoms with Gasteiger partial charge in [0.15, 0.2) is 0 Å². The summed E-state index contributed by atoms with van der Waals surface area (Å²) in [6, 6.07) is 11.9. The molecular weight excluding hydrogens is 294 g/mol. The van der Waals surface area contributed by atoms with Crippen LogP contribution in [-0.4, -0.2) is 15.4 Å². The monoisotopic (exact) mass is 305 g/mol. The van der Waals surface area contributed by atoms with Crippen molar-refractivity contribution in [2.75, 3.05) is 6.26 Å². The molecule has 96 valence electrons. The average Bonchev–Trinajstić information content (AvgIpc) is 3.11. The maximum absolute atomic E-state index is 11.8. The molecule has 0 N–H and O–H groups in total. The summed E-state index contributed by atoms with van der Waals surface area (Å²) in [7, 11) is -1.00. The molecule has 0 saturated heterocycles. The summed E-state index contributed by atoms with van der Waals surface area (Å²) < 4.78 is 11.8. The lowest BCUT2D eigenvalue weighted by Gasteiger charge is -2.05. The van der Waals surface area contributed by atoms with Crippen LogP contribution in [0.5, 0.6) is 0 Å². The summed E-state index contributed by atoms with van der Waals surface area (Å²) >= 11 is 3.29. The van der Waals surface area contributed by atoms with Crippen molar-refractivity contribution in [2.45, 2.75) is 4.90 Å². The molecule has 0 saturated carbocycles. The van der Waals surface area contributed by atoms with Crippen LogP contribution in [0.3, 0.4) is 0 Å². The van der Waals surface area contributed by atoms with E-state index in [0.29, 0.717) is 0 Å². The zero-order valence-electron chi connectivity index (χ0n) is 10.2. The molecule has 0 amide bonds. The minimum Gasteiger partial charge on any atom is -0.255 e. The Bertz CT molecular complexity index is 650. The van der Waals surface area contributed by atoms with Crippen LogP contribution in [0.2, 0.25) is 0 Å². The molecule has 1 unspecified atom stereocenters. The highest BCUT2D eigenvalue weighted by atomic mass is 32.2. The lowest BCUT2D eigenvalue weighted by molar-refractivity contribution is 0.686. The van der Waals surface area contributed by atoms with Crippen LogP contribution in [0.25, 0.3) is 21.1 Å². The highest BCUT2D eigenvalue weighted by molar-refractivity contribution is 7.84. The molecule has 0 fully saturated rings. The Morgan fingerprint density at radius 2 is 1.53 bits per heavy atom. The Morgan fingerprint density at radius 3 is 1.89 bits per heavy atom. The fourth-order valence-corrected chi connectivity index (χ4v) is 3.70. The van der Waals surface area contributed by atoms with Crippen molar-refractivity contribution in [1.29, 1.82) is 0 Å². The zero-order chi connectivity index (χ0) is 13.2. The second-order valence-corrected chi connectivity index (χ2v) is 7.26. The lowest BCUT2D eigenvalue weighted by Crippen LogP contribution is -1.93. The van der Waals surface area contributed by atoms with Crippen molar-refractivity contribution in [1.82, 2.24) is 4.98 Å². The first kappa shape index (κ1) is 12.7. The molecule has 1 atom stereocenters. The zero-order valence-corrected chi connectivity index (χ0v) is 12.6. The van der Waals surface area contributed by atoms with E-state index in [1.165, 1.54) is 0 Å². The van der Waals surface area contributed by atoms with E-state index in [1.807, 2.05) is 47.2 Å². The first-order valence-corrected chi connectivity index (χ1v) is 8.99. The van der Waals surface area contributed by atoms with Gasteiger partial charge >= 0.3 is 0 Å². The number of nitrogens with zero attached hydrogens (tertiary/aromatic N) is 1. The molecule has 0 bridgehead atoms. The highest BCUT2D eigenvalue weighted by Gasteiger charge is 2.10. The number of rotatable bonds is 3. The summed E-state index contributed by atoms with van der Waals surface area (Å²) in [4.78, 5) is 7.71. The number of aromatic nitrogens is 1. The lowest BCUT2D eigenvalue weighted by atomic mass is 10.2. The highest BCUT2D eigenvalue weighted by Crippen LogP contribution is 2.30. The van der Waals surface area contributed by atoms with E-state index in [0.717, 1.165) is 26.0 Å². The first-order chi connectivity index (χ1) is 9.24. The number of hydrogen-bond acceptors (Lipinski definition) is 4. The van der Waals surface area contributed by atoms with Gasteiger partial charge in [-0.1, -0.05) is 12.1 Å². The molecule has 0 aliphatic rings. The number of hydrogen-bond donors (Lipinski definition) is 0. The van der Waals surface area contributed by atoms with Gasteiger partial charge in [0, 0.05) is 22.0 Å². The minimum atomic E-state index is -1.00. The predicted molar refractivity (Wildman–Crippen MR) is 83.2 cm³/mol. The molecule has 0 aliphatic carbocycles. The number of thiophene rings is 2. The predicted octanol–water partition coefficient (Wildman–Crippen LogP) is 4.28. The molecule has 0 spiro atoms. The molecule has 5 heteroatoms. The van der Waals surface area contributed by atoms with E-state index in [1.54, 1.807) is 28.9 Å². The van der Waals surface area contributed by atoms with E-state index >= 15 is 0 Å². The second kappa shape index (κ2) is 5.36. The quantitative estimate of drug-likeness (QED) is 0.723. The van der Waals surface area contributed by atoms with Crippen molar-refractivity contribution in [2.24, 2.45) is 0 Å². The summed E-state index contributed by atoms with van der Waals surface area (Å²) in [6.45, 7) is 0. The van der Waals surface area contributed by atoms with Gasteiger partial charge in [0.05, 0.1) is 21.1 Å². The molecule has 3 heterocycles. The smallest absolute Gasteiger partial charge is 0.0821 e. The van der Waals surface area contributed by atoms with Crippen LogP contribution in [0, 0.1) is 0 Å². The fraction of sp³-hybridized carbons (Fsp3) is 0.0714. The maximum atomic E-state index is 11.8. The standard InChI is InChI=1S/C14H11NOS3/c1-19(16)10-8-11(13-4-2-6-17-13)15-12(9-10)14-5-3-7-18-14/h2-9H,1H3. The third kappa shape index (κ3) is 2.68. The van der Waals surface area contributed by atoms with Gasteiger partial charge in [0.2, 0.25) is 0 Å². The normalized spacial score (nSPS) is 12.5. The van der Waals surface area contributed by atoms with Crippen molar-refractivity contribution in [3.63, 3.8) is 0 Å².